The average molecular weight is 415 g/mol. The van der Waals surface area contributed by atoms with E-state index >= 15 is 0 Å². The summed E-state index contributed by atoms with van der Waals surface area (Å²) in [7, 11) is 1.85. The van der Waals surface area contributed by atoms with Crippen molar-refractivity contribution in [2.45, 2.75) is 12.8 Å². The van der Waals surface area contributed by atoms with Gasteiger partial charge in [0.2, 0.25) is 23.5 Å². The fraction of sp³-hybridized carbons (Fsp3) is 0.238. The molecule has 1 aliphatic rings. The van der Waals surface area contributed by atoms with Crippen LogP contribution in [0.4, 0.5) is 23.3 Å². The molecule has 1 aromatic carbocycles. The molecule has 5 rings (SSSR count). The number of nitrogen functional groups attached to an aromatic ring is 1. The third-order valence-electron chi connectivity index (χ3n) is 5.00. The maximum absolute atomic E-state index is 5.93. The van der Waals surface area contributed by atoms with E-state index in [4.69, 9.17) is 10.3 Å². The Morgan fingerprint density at radius 1 is 1.03 bits per heavy atom. The highest BCUT2D eigenvalue weighted by Gasteiger charge is 2.23. The van der Waals surface area contributed by atoms with Crippen LogP contribution in [0.25, 0.3) is 23.2 Å². The molecule has 10 nitrogen and oxygen atoms in total. The molecular weight excluding hydrogens is 394 g/mol. The van der Waals surface area contributed by atoms with Gasteiger partial charge in [0.15, 0.2) is 5.69 Å². The molecule has 0 aliphatic heterocycles. The molecule has 4 aromatic rings. The Hall–Kier alpha value is -4.08. The number of aromatic nitrogens is 6. The summed E-state index contributed by atoms with van der Waals surface area (Å²) < 4.78 is 5.47. The number of nitrogens with one attached hydrogen (secondary N) is 1. The van der Waals surface area contributed by atoms with Crippen LogP contribution in [-0.2, 0) is 0 Å². The second kappa shape index (κ2) is 7.98. The lowest BCUT2D eigenvalue weighted by atomic mass is 10.2. The monoisotopic (exact) mass is 415 g/mol. The molecule has 0 saturated heterocycles. The van der Waals surface area contributed by atoms with E-state index in [9.17, 15) is 0 Å². The van der Waals surface area contributed by atoms with Gasteiger partial charge in [-0.15, -0.1) is 0 Å². The van der Waals surface area contributed by atoms with Crippen molar-refractivity contribution in [1.29, 1.82) is 0 Å². The largest absolute Gasteiger partial charge is 0.383 e. The summed E-state index contributed by atoms with van der Waals surface area (Å²) in [5.41, 5.74) is 8.28. The zero-order chi connectivity index (χ0) is 21.2. The Morgan fingerprint density at radius 3 is 2.68 bits per heavy atom. The molecule has 0 amide bonds. The van der Waals surface area contributed by atoms with E-state index in [0.29, 0.717) is 11.6 Å². The predicted molar refractivity (Wildman–Crippen MR) is 116 cm³/mol. The first kappa shape index (κ1) is 18.9. The number of pyridine rings is 1. The van der Waals surface area contributed by atoms with Crippen molar-refractivity contribution in [2.75, 3.05) is 29.5 Å². The van der Waals surface area contributed by atoms with Crippen LogP contribution in [0.3, 0.4) is 0 Å². The number of anilines is 4. The first-order valence-electron chi connectivity index (χ1n) is 10.0. The van der Waals surface area contributed by atoms with Crippen LogP contribution in [-0.4, -0.2) is 43.7 Å². The summed E-state index contributed by atoms with van der Waals surface area (Å²) in [4.78, 5) is 23.6. The molecule has 0 bridgehead atoms. The normalized spacial score (nSPS) is 13.2. The fourth-order valence-corrected chi connectivity index (χ4v) is 3.10. The molecule has 3 heterocycles. The lowest BCUT2D eigenvalue weighted by molar-refractivity contribution is 0.430. The summed E-state index contributed by atoms with van der Waals surface area (Å²) >= 11 is 0. The van der Waals surface area contributed by atoms with Gasteiger partial charge in [0.05, 0.1) is 5.69 Å². The second-order valence-electron chi connectivity index (χ2n) is 7.36. The minimum absolute atomic E-state index is 0.0683. The summed E-state index contributed by atoms with van der Waals surface area (Å²) in [5.74, 6) is 1.89. The first-order chi connectivity index (χ1) is 15.2. The Balaban J connectivity index is 1.44. The Labute approximate surface area is 178 Å². The molecule has 156 valence electrons. The van der Waals surface area contributed by atoms with E-state index in [1.54, 1.807) is 11.1 Å². The predicted octanol–water partition coefficient (Wildman–Crippen LogP) is 3.16. The zero-order valence-electron chi connectivity index (χ0n) is 16.9. The molecule has 1 aliphatic carbocycles. The fourth-order valence-electron chi connectivity index (χ4n) is 3.10. The molecule has 1 saturated carbocycles. The van der Waals surface area contributed by atoms with Gasteiger partial charge in [-0.25, -0.2) is 4.98 Å². The van der Waals surface area contributed by atoms with Crippen LogP contribution >= 0.6 is 0 Å². The number of rotatable bonds is 7. The molecule has 31 heavy (non-hydrogen) atoms. The quantitative estimate of drug-likeness (QED) is 0.464. The Kier molecular flexibility index (Phi) is 4.87. The summed E-state index contributed by atoms with van der Waals surface area (Å²) in [6, 6.07) is 13.5. The van der Waals surface area contributed by atoms with Crippen molar-refractivity contribution >= 4 is 23.3 Å². The van der Waals surface area contributed by atoms with Gasteiger partial charge < -0.3 is 20.5 Å². The summed E-state index contributed by atoms with van der Waals surface area (Å²) in [6.07, 6.45) is 4.21. The number of benzene rings is 1. The molecule has 0 unspecified atom stereocenters. The van der Waals surface area contributed by atoms with E-state index in [1.807, 2.05) is 49.5 Å². The van der Waals surface area contributed by atoms with Gasteiger partial charge in [-0.2, -0.15) is 19.9 Å². The molecule has 3 N–H and O–H groups in total. The van der Waals surface area contributed by atoms with Crippen molar-refractivity contribution in [1.82, 2.24) is 30.1 Å². The maximum Gasteiger partial charge on any atom is 0.279 e. The van der Waals surface area contributed by atoms with Crippen molar-refractivity contribution < 1.29 is 4.52 Å². The number of hydrogen-bond acceptors (Lipinski definition) is 10. The lowest BCUT2D eigenvalue weighted by Gasteiger charge is -2.17. The van der Waals surface area contributed by atoms with Gasteiger partial charge in [-0.05, 0) is 43.0 Å². The van der Waals surface area contributed by atoms with E-state index in [-0.39, 0.29) is 23.5 Å². The molecule has 10 heteroatoms. The number of nitrogens with zero attached hydrogens (tertiary/aromatic N) is 7. The van der Waals surface area contributed by atoms with Gasteiger partial charge in [0.1, 0.15) is 0 Å². The van der Waals surface area contributed by atoms with Crippen LogP contribution in [0.5, 0.6) is 0 Å². The lowest BCUT2D eigenvalue weighted by Crippen LogP contribution is -2.15. The molecule has 1 fully saturated rings. The Bertz CT molecular complexity index is 1190. The van der Waals surface area contributed by atoms with E-state index in [1.165, 1.54) is 12.8 Å². The standard InChI is InChI=1S/C21H21N9O/c1-30(14-6-3-2-4-7-14)21-27-17(26-20(22)28-21)18-25-19(31-29-18)16-15(8-5-11-23-16)24-12-13-9-10-13/h2-8,11,13,24H,9-10,12H2,1H3,(H2,22,26,27,28). The molecule has 0 spiro atoms. The molecule has 0 atom stereocenters. The number of nitrogens with two attached hydrogens (primary N) is 1. The van der Waals surface area contributed by atoms with Crippen molar-refractivity contribution in [3.8, 4) is 23.2 Å². The summed E-state index contributed by atoms with van der Waals surface area (Å²) in [5, 5.41) is 7.46. The number of hydrogen-bond donors (Lipinski definition) is 2. The first-order valence-corrected chi connectivity index (χ1v) is 10.0. The minimum Gasteiger partial charge on any atom is -0.383 e. The minimum atomic E-state index is 0.0683. The van der Waals surface area contributed by atoms with Crippen LogP contribution < -0.4 is 16.0 Å². The van der Waals surface area contributed by atoms with E-state index < -0.39 is 0 Å². The van der Waals surface area contributed by atoms with Gasteiger partial charge in [0, 0.05) is 25.5 Å². The third-order valence-corrected chi connectivity index (χ3v) is 5.00. The van der Waals surface area contributed by atoms with Crippen molar-refractivity contribution in [2.24, 2.45) is 5.92 Å². The highest BCUT2D eigenvalue weighted by Crippen LogP contribution is 2.31. The average Bonchev–Trinajstić information content (AvgIpc) is 3.51. The summed E-state index contributed by atoms with van der Waals surface area (Å²) in [6.45, 7) is 0.902. The highest BCUT2D eigenvalue weighted by atomic mass is 16.5. The van der Waals surface area contributed by atoms with Crippen LogP contribution in [0.1, 0.15) is 12.8 Å². The van der Waals surface area contributed by atoms with Gasteiger partial charge in [-0.3, -0.25) is 0 Å². The zero-order valence-corrected chi connectivity index (χ0v) is 16.9. The number of para-hydroxylation sites is 1. The van der Waals surface area contributed by atoms with E-state index in [2.05, 4.69) is 35.4 Å². The molecular formula is C21H21N9O. The topological polar surface area (TPSA) is 132 Å². The van der Waals surface area contributed by atoms with Crippen molar-refractivity contribution in [3.05, 3.63) is 48.7 Å². The Morgan fingerprint density at radius 2 is 1.87 bits per heavy atom. The van der Waals surface area contributed by atoms with Crippen LogP contribution in [0, 0.1) is 5.92 Å². The SMILES string of the molecule is CN(c1ccccc1)c1nc(N)nc(-c2noc(-c3ncccc3NCC3CC3)n2)n1. The second-order valence-corrected chi connectivity index (χ2v) is 7.36. The molecule has 3 aromatic heterocycles. The third kappa shape index (κ3) is 4.13. The van der Waals surface area contributed by atoms with Crippen LogP contribution in [0.2, 0.25) is 0 Å². The van der Waals surface area contributed by atoms with Gasteiger partial charge in [-0.1, -0.05) is 23.4 Å². The van der Waals surface area contributed by atoms with Crippen LogP contribution in [0.15, 0.2) is 53.2 Å². The van der Waals surface area contributed by atoms with Gasteiger partial charge >= 0.3 is 0 Å². The van der Waals surface area contributed by atoms with Crippen molar-refractivity contribution in [3.63, 3.8) is 0 Å². The van der Waals surface area contributed by atoms with E-state index in [0.717, 1.165) is 23.8 Å². The maximum atomic E-state index is 5.93. The molecule has 0 radical (unpaired) electrons. The highest BCUT2D eigenvalue weighted by molar-refractivity contribution is 5.69. The van der Waals surface area contributed by atoms with Gasteiger partial charge in [0.25, 0.3) is 5.89 Å². The smallest absolute Gasteiger partial charge is 0.279 e.